The normalized spacial score (nSPS) is 11.2. The zero-order valence-corrected chi connectivity index (χ0v) is 21.3. The van der Waals surface area contributed by atoms with E-state index >= 15 is 0 Å². The molecule has 0 aliphatic rings. The van der Waals surface area contributed by atoms with E-state index in [0.717, 1.165) is 16.0 Å². The summed E-state index contributed by atoms with van der Waals surface area (Å²) in [6, 6.07) is 15.7. The minimum atomic E-state index is -0.440. The first-order valence-electron chi connectivity index (χ1n) is 11.5. The Morgan fingerprint density at radius 3 is 2.28 bits per heavy atom. The zero-order chi connectivity index (χ0) is 25.9. The Morgan fingerprint density at radius 2 is 1.67 bits per heavy atom. The second-order valence-corrected chi connectivity index (χ2v) is 10.3. The molecule has 0 fully saturated rings. The van der Waals surface area contributed by atoms with E-state index in [1.807, 2.05) is 6.07 Å². The van der Waals surface area contributed by atoms with Crippen LogP contribution in [-0.2, 0) is 10.2 Å². The smallest absolute Gasteiger partial charge is 0.310 e. The van der Waals surface area contributed by atoms with Crippen LogP contribution in [-0.4, -0.2) is 27.0 Å². The molecule has 2 aromatic heterocycles. The molecule has 0 unspecified atom stereocenters. The van der Waals surface area contributed by atoms with Crippen molar-refractivity contribution in [3.05, 3.63) is 76.7 Å². The molecule has 8 heteroatoms. The molecule has 7 nitrogen and oxygen atoms in total. The second kappa shape index (κ2) is 10.3. The number of amides is 1. The summed E-state index contributed by atoms with van der Waals surface area (Å²) >= 11 is 1.43. The number of hydrogen-bond acceptors (Lipinski definition) is 7. The van der Waals surface area contributed by atoms with Crippen LogP contribution in [0.1, 0.15) is 48.7 Å². The number of thiophene rings is 1. The Bertz CT molecular complexity index is 1390. The predicted molar refractivity (Wildman–Crippen MR) is 141 cm³/mol. The summed E-state index contributed by atoms with van der Waals surface area (Å²) in [5.41, 5.74) is 2.39. The van der Waals surface area contributed by atoms with Gasteiger partial charge in [-0.2, -0.15) is 0 Å². The number of phenols is 1. The first kappa shape index (κ1) is 25.1. The van der Waals surface area contributed by atoms with Crippen molar-refractivity contribution in [1.82, 2.24) is 9.97 Å². The molecule has 0 saturated heterocycles. The molecule has 36 heavy (non-hydrogen) atoms. The van der Waals surface area contributed by atoms with Gasteiger partial charge in [0.05, 0.1) is 16.1 Å². The van der Waals surface area contributed by atoms with E-state index < -0.39 is 5.97 Å². The van der Waals surface area contributed by atoms with Crippen molar-refractivity contribution in [2.75, 3.05) is 5.32 Å². The molecule has 0 aliphatic heterocycles. The Balaban J connectivity index is 1.67. The van der Waals surface area contributed by atoms with Gasteiger partial charge in [-0.05, 0) is 47.4 Å². The number of rotatable bonds is 6. The third-order valence-corrected chi connectivity index (χ3v) is 6.94. The fraction of sp³-hybridized carbons (Fsp3) is 0.214. The standard InChI is InChI=1S/C28H27N3O4S/c1-5-24(33)35-25-20(26-29-15-18(16-30-26)17-9-11-19(32)12-10-17)7-6-8-21(25)31-27(34)22-13-14-23(36-22)28(2,3)4/h6-16,32H,5H2,1-4H3,(H,31,34). The lowest BCUT2D eigenvalue weighted by Gasteiger charge is -2.16. The van der Waals surface area contributed by atoms with Crippen LogP contribution in [0.3, 0.4) is 0 Å². The molecule has 0 atom stereocenters. The van der Waals surface area contributed by atoms with Crippen LogP contribution < -0.4 is 10.1 Å². The fourth-order valence-electron chi connectivity index (χ4n) is 3.42. The summed E-state index contributed by atoms with van der Waals surface area (Å²) in [4.78, 5) is 35.9. The van der Waals surface area contributed by atoms with Crippen molar-refractivity contribution >= 4 is 28.9 Å². The highest BCUT2D eigenvalue weighted by molar-refractivity contribution is 7.14. The lowest BCUT2D eigenvalue weighted by molar-refractivity contribution is -0.133. The largest absolute Gasteiger partial charge is 0.508 e. The molecule has 0 spiro atoms. The van der Waals surface area contributed by atoms with Gasteiger partial charge >= 0.3 is 5.97 Å². The highest BCUT2D eigenvalue weighted by Gasteiger charge is 2.22. The molecule has 0 radical (unpaired) electrons. The van der Waals surface area contributed by atoms with Gasteiger partial charge in [-0.3, -0.25) is 9.59 Å². The van der Waals surface area contributed by atoms with Crippen LogP contribution in [0.2, 0.25) is 0 Å². The first-order valence-corrected chi connectivity index (χ1v) is 12.3. The second-order valence-electron chi connectivity index (χ2n) is 9.22. The Hall–Kier alpha value is -4.04. The van der Waals surface area contributed by atoms with Gasteiger partial charge in [-0.25, -0.2) is 9.97 Å². The van der Waals surface area contributed by atoms with E-state index in [4.69, 9.17) is 4.74 Å². The Labute approximate surface area is 213 Å². The lowest BCUT2D eigenvalue weighted by atomic mass is 9.95. The van der Waals surface area contributed by atoms with E-state index in [1.54, 1.807) is 67.8 Å². The summed E-state index contributed by atoms with van der Waals surface area (Å²) in [5.74, 6) is -0.00841. The number of benzene rings is 2. The molecule has 4 rings (SSSR count). The van der Waals surface area contributed by atoms with Crippen LogP contribution in [0, 0.1) is 0 Å². The van der Waals surface area contributed by atoms with Gasteiger partial charge in [0.15, 0.2) is 11.6 Å². The number of carbonyl (C=O) groups excluding carboxylic acids is 2. The number of carbonyl (C=O) groups is 2. The van der Waals surface area contributed by atoms with Crippen molar-refractivity contribution in [2.45, 2.75) is 39.5 Å². The van der Waals surface area contributed by atoms with Gasteiger partial charge in [0.25, 0.3) is 5.91 Å². The van der Waals surface area contributed by atoms with Gasteiger partial charge in [-0.15, -0.1) is 11.3 Å². The summed E-state index contributed by atoms with van der Waals surface area (Å²) in [7, 11) is 0. The molecule has 184 valence electrons. The van der Waals surface area contributed by atoms with Crippen LogP contribution in [0.25, 0.3) is 22.5 Å². The number of aromatic nitrogens is 2. The number of phenolic OH excluding ortho intramolecular Hbond substituents is 1. The van der Waals surface area contributed by atoms with Crippen molar-refractivity contribution < 1.29 is 19.4 Å². The number of aromatic hydroxyl groups is 1. The van der Waals surface area contributed by atoms with E-state index in [2.05, 4.69) is 36.1 Å². The van der Waals surface area contributed by atoms with Crippen LogP contribution in [0.5, 0.6) is 11.5 Å². The Morgan fingerprint density at radius 1 is 0.972 bits per heavy atom. The number of para-hydroxylation sites is 1. The van der Waals surface area contributed by atoms with E-state index in [1.165, 1.54) is 11.3 Å². The number of esters is 1. The van der Waals surface area contributed by atoms with Gasteiger partial charge in [0.1, 0.15) is 5.75 Å². The molecule has 0 aliphatic carbocycles. The monoisotopic (exact) mass is 501 g/mol. The molecule has 2 N–H and O–H groups in total. The minimum absolute atomic E-state index is 0.0609. The highest BCUT2D eigenvalue weighted by atomic mass is 32.1. The van der Waals surface area contributed by atoms with Crippen LogP contribution in [0.15, 0.2) is 67.0 Å². The van der Waals surface area contributed by atoms with Gasteiger partial charge < -0.3 is 15.2 Å². The molecule has 4 aromatic rings. The lowest BCUT2D eigenvalue weighted by Crippen LogP contribution is -2.14. The van der Waals surface area contributed by atoms with Crippen molar-refractivity contribution in [1.29, 1.82) is 0 Å². The van der Waals surface area contributed by atoms with E-state index in [9.17, 15) is 14.7 Å². The number of hydrogen-bond donors (Lipinski definition) is 2. The van der Waals surface area contributed by atoms with Crippen molar-refractivity contribution in [3.8, 4) is 34.0 Å². The average molecular weight is 502 g/mol. The predicted octanol–water partition coefficient (Wildman–Crippen LogP) is 6.44. The zero-order valence-electron chi connectivity index (χ0n) is 20.5. The quantitative estimate of drug-likeness (QED) is 0.233. The Kier molecular flexibility index (Phi) is 7.17. The summed E-state index contributed by atoms with van der Waals surface area (Å²) in [6.07, 6.45) is 3.48. The molecule has 0 bridgehead atoms. The van der Waals surface area contributed by atoms with Crippen LogP contribution >= 0.6 is 11.3 Å². The van der Waals surface area contributed by atoms with Gasteiger partial charge in [-0.1, -0.05) is 45.9 Å². The number of nitrogens with one attached hydrogen (secondary N) is 1. The average Bonchev–Trinajstić information content (AvgIpc) is 3.37. The van der Waals surface area contributed by atoms with E-state index in [-0.39, 0.29) is 29.2 Å². The summed E-state index contributed by atoms with van der Waals surface area (Å²) in [5, 5.41) is 12.4. The molecule has 1 amide bonds. The molecular weight excluding hydrogens is 474 g/mol. The van der Waals surface area contributed by atoms with Crippen molar-refractivity contribution in [3.63, 3.8) is 0 Å². The minimum Gasteiger partial charge on any atom is -0.508 e. The topological polar surface area (TPSA) is 101 Å². The van der Waals surface area contributed by atoms with E-state index in [0.29, 0.717) is 22.0 Å². The third kappa shape index (κ3) is 5.60. The SMILES string of the molecule is CCC(=O)Oc1c(NC(=O)c2ccc(C(C)(C)C)s2)cccc1-c1ncc(-c2ccc(O)cc2)cn1. The van der Waals surface area contributed by atoms with Crippen LogP contribution in [0.4, 0.5) is 5.69 Å². The summed E-state index contributed by atoms with van der Waals surface area (Å²) in [6.45, 7) is 7.99. The maximum atomic E-state index is 13.0. The van der Waals surface area contributed by atoms with Gasteiger partial charge in [0, 0.05) is 29.3 Å². The molecule has 2 heterocycles. The number of nitrogens with zero attached hydrogens (tertiary/aromatic N) is 2. The number of ether oxygens (including phenoxy) is 1. The maximum absolute atomic E-state index is 13.0. The molecule has 2 aromatic carbocycles. The molecule has 0 saturated carbocycles. The third-order valence-electron chi connectivity index (χ3n) is 5.43. The van der Waals surface area contributed by atoms with Crippen molar-refractivity contribution in [2.24, 2.45) is 0 Å². The summed E-state index contributed by atoms with van der Waals surface area (Å²) < 4.78 is 5.65. The first-order chi connectivity index (χ1) is 17.2. The fourth-order valence-corrected chi connectivity index (χ4v) is 4.38. The molecular formula is C28H27N3O4S. The van der Waals surface area contributed by atoms with Gasteiger partial charge in [0.2, 0.25) is 0 Å². The highest BCUT2D eigenvalue weighted by Crippen LogP contribution is 2.37. The maximum Gasteiger partial charge on any atom is 0.310 e. The number of anilines is 1.